The summed E-state index contributed by atoms with van der Waals surface area (Å²) in [6, 6.07) is 12.5. The maximum atomic E-state index is 13.7. The zero-order chi connectivity index (χ0) is 14.1. The van der Waals surface area contributed by atoms with Crippen molar-refractivity contribution in [3.63, 3.8) is 0 Å². The Hall–Kier alpha value is -1.87. The first kappa shape index (κ1) is 13.1. The molecule has 3 rings (SSSR count). The molecule has 0 saturated heterocycles. The second-order valence-corrected chi connectivity index (χ2v) is 5.24. The van der Waals surface area contributed by atoms with Gasteiger partial charge in [-0.2, -0.15) is 0 Å². The second-order valence-electron chi connectivity index (χ2n) is 5.24. The Morgan fingerprint density at radius 2 is 1.90 bits per heavy atom. The van der Waals surface area contributed by atoms with Crippen LogP contribution < -0.4 is 4.74 Å². The molecule has 1 saturated carbocycles. The first-order chi connectivity index (χ1) is 9.69. The fourth-order valence-corrected chi connectivity index (χ4v) is 2.44. The number of ether oxygens (including phenoxy) is 1. The van der Waals surface area contributed by atoms with E-state index in [9.17, 15) is 9.50 Å². The Morgan fingerprint density at radius 3 is 2.55 bits per heavy atom. The largest absolute Gasteiger partial charge is 0.494 e. The molecule has 1 N–H and O–H groups in total. The molecule has 0 radical (unpaired) electrons. The molecular formula is C17H17FO2. The Labute approximate surface area is 117 Å². The van der Waals surface area contributed by atoms with Gasteiger partial charge in [0.05, 0.1) is 7.11 Å². The summed E-state index contributed by atoms with van der Waals surface area (Å²) >= 11 is 0. The lowest BCUT2D eigenvalue weighted by molar-refractivity contribution is 0.219. The highest BCUT2D eigenvalue weighted by atomic mass is 19.1. The van der Waals surface area contributed by atoms with Crippen molar-refractivity contribution in [2.45, 2.75) is 24.9 Å². The van der Waals surface area contributed by atoms with Crippen LogP contribution in [-0.2, 0) is 0 Å². The van der Waals surface area contributed by atoms with E-state index in [0.717, 1.165) is 5.56 Å². The molecule has 104 valence electrons. The molecule has 0 heterocycles. The van der Waals surface area contributed by atoms with Crippen LogP contribution in [0, 0.1) is 5.82 Å². The molecule has 0 aromatic heterocycles. The molecule has 1 atom stereocenters. The summed E-state index contributed by atoms with van der Waals surface area (Å²) in [5, 5.41) is 10.4. The average molecular weight is 272 g/mol. The summed E-state index contributed by atoms with van der Waals surface area (Å²) in [5.41, 5.74) is 2.60. The van der Waals surface area contributed by atoms with Gasteiger partial charge in [-0.15, -0.1) is 0 Å². The number of benzene rings is 2. The van der Waals surface area contributed by atoms with Crippen LogP contribution in [0.25, 0.3) is 0 Å². The first-order valence-corrected chi connectivity index (χ1v) is 6.80. The van der Waals surface area contributed by atoms with Gasteiger partial charge in [-0.3, -0.25) is 0 Å². The molecule has 3 heteroatoms. The van der Waals surface area contributed by atoms with E-state index in [-0.39, 0.29) is 5.75 Å². The van der Waals surface area contributed by atoms with Gasteiger partial charge in [0.25, 0.3) is 0 Å². The normalized spacial score (nSPS) is 15.9. The number of halogens is 1. The number of aliphatic hydroxyl groups is 1. The summed E-state index contributed by atoms with van der Waals surface area (Å²) in [5.74, 6) is 0.366. The third-order valence-corrected chi connectivity index (χ3v) is 3.77. The Kier molecular flexibility index (Phi) is 3.45. The molecule has 2 aromatic rings. The summed E-state index contributed by atoms with van der Waals surface area (Å²) in [4.78, 5) is 0. The summed E-state index contributed by atoms with van der Waals surface area (Å²) in [6.45, 7) is 0. The van der Waals surface area contributed by atoms with E-state index >= 15 is 0 Å². The molecule has 0 amide bonds. The minimum atomic E-state index is -0.811. The molecule has 1 aliphatic carbocycles. The highest BCUT2D eigenvalue weighted by molar-refractivity contribution is 5.37. The van der Waals surface area contributed by atoms with Crippen molar-refractivity contribution in [2.75, 3.05) is 7.11 Å². The summed E-state index contributed by atoms with van der Waals surface area (Å²) in [6.07, 6.45) is 1.63. The van der Waals surface area contributed by atoms with Crippen LogP contribution in [0.3, 0.4) is 0 Å². The van der Waals surface area contributed by atoms with Crippen LogP contribution in [0.15, 0.2) is 42.5 Å². The lowest BCUT2D eigenvalue weighted by Gasteiger charge is -2.14. The number of hydrogen-bond acceptors (Lipinski definition) is 2. The highest BCUT2D eigenvalue weighted by Crippen LogP contribution is 2.41. The lowest BCUT2D eigenvalue weighted by atomic mass is 9.98. The van der Waals surface area contributed by atoms with Crippen LogP contribution >= 0.6 is 0 Å². The highest BCUT2D eigenvalue weighted by Gasteiger charge is 2.24. The minimum Gasteiger partial charge on any atom is -0.494 e. The topological polar surface area (TPSA) is 29.5 Å². The summed E-state index contributed by atoms with van der Waals surface area (Å²) < 4.78 is 18.6. The zero-order valence-corrected chi connectivity index (χ0v) is 11.3. The molecule has 2 nitrogen and oxygen atoms in total. The van der Waals surface area contributed by atoms with Crippen molar-refractivity contribution in [3.05, 3.63) is 65.0 Å². The fraction of sp³-hybridized carbons (Fsp3) is 0.294. The Balaban J connectivity index is 1.89. The standard InChI is InChI=1S/C17H17FO2/c1-20-16-8-7-14(10-15(16)18)17(19)13-4-2-3-12(9-13)11-5-6-11/h2-4,7-11,17,19H,5-6H2,1H3. The number of rotatable bonds is 4. The first-order valence-electron chi connectivity index (χ1n) is 6.80. The zero-order valence-electron chi connectivity index (χ0n) is 11.3. The molecule has 0 spiro atoms. The van der Waals surface area contributed by atoms with E-state index in [0.29, 0.717) is 11.5 Å². The fourth-order valence-electron chi connectivity index (χ4n) is 2.44. The maximum absolute atomic E-state index is 13.7. The molecule has 2 aromatic carbocycles. The third-order valence-electron chi connectivity index (χ3n) is 3.77. The predicted octanol–water partition coefficient (Wildman–Crippen LogP) is 3.79. The van der Waals surface area contributed by atoms with Gasteiger partial charge in [0.15, 0.2) is 11.6 Å². The van der Waals surface area contributed by atoms with Gasteiger partial charge in [-0.1, -0.05) is 30.3 Å². The van der Waals surface area contributed by atoms with Crippen LogP contribution in [0.2, 0.25) is 0 Å². The van der Waals surface area contributed by atoms with Gasteiger partial charge in [0.2, 0.25) is 0 Å². The van der Waals surface area contributed by atoms with Gasteiger partial charge in [-0.05, 0) is 47.6 Å². The van der Waals surface area contributed by atoms with Crippen molar-refractivity contribution in [3.8, 4) is 5.75 Å². The molecule has 20 heavy (non-hydrogen) atoms. The van der Waals surface area contributed by atoms with E-state index in [2.05, 4.69) is 6.07 Å². The average Bonchev–Trinajstić information content (AvgIpc) is 3.31. The van der Waals surface area contributed by atoms with Gasteiger partial charge >= 0.3 is 0 Å². The monoisotopic (exact) mass is 272 g/mol. The maximum Gasteiger partial charge on any atom is 0.165 e. The smallest absolute Gasteiger partial charge is 0.165 e. The molecule has 1 unspecified atom stereocenters. The number of methoxy groups -OCH3 is 1. The van der Waals surface area contributed by atoms with Crippen molar-refractivity contribution in [1.29, 1.82) is 0 Å². The number of hydrogen-bond donors (Lipinski definition) is 1. The quantitative estimate of drug-likeness (QED) is 0.917. The van der Waals surface area contributed by atoms with E-state index in [1.54, 1.807) is 12.1 Å². The lowest BCUT2D eigenvalue weighted by Crippen LogP contribution is -2.01. The van der Waals surface area contributed by atoms with Gasteiger partial charge in [0, 0.05) is 0 Å². The van der Waals surface area contributed by atoms with E-state index < -0.39 is 11.9 Å². The number of aliphatic hydroxyl groups excluding tert-OH is 1. The van der Waals surface area contributed by atoms with Crippen LogP contribution in [0.4, 0.5) is 4.39 Å². The Bertz CT molecular complexity index is 620. The van der Waals surface area contributed by atoms with Crippen molar-refractivity contribution in [1.82, 2.24) is 0 Å². The Morgan fingerprint density at radius 1 is 1.15 bits per heavy atom. The molecule has 1 aliphatic rings. The molecule has 0 bridgehead atoms. The van der Waals surface area contributed by atoms with E-state index in [1.165, 1.54) is 31.6 Å². The SMILES string of the molecule is COc1ccc(C(O)c2cccc(C3CC3)c2)cc1F. The van der Waals surface area contributed by atoms with Gasteiger partial charge in [0.1, 0.15) is 6.10 Å². The molecular weight excluding hydrogens is 255 g/mol. The van der Waals surface area contributed by atoms with Crippen LogP contribution in [-0.4, -0.2) is 12.2 Å². The third kappa shape index (κ3) is 2.54. The van der Waals surface area contributed by atoms with Crippen molar-refractivity contribution < 1.29 is 14.2 Å². The van der Waals surface area contributed by atoms with Gasteiger partial charge < -0.3 is 9.84 Å². The summed E-state index contributed by atoms with van der Waals surface area (Å²) in [7, 11) is 1.42. The van der Waals surface area contributed by atoms with Crippen molar-refractivity contribution in [2.24, 2.45) is 0 Å². The molecule has 0 aliphatic heterocycles. The minimum absolute atomic E-state index is 0.188. The van der Waals surface area contributed by atoms with Crippen LogP contribution in [0.1, 0.15) is 41.6 Å². The second kappa shape index (κ2) is 5.25. The van der Waals surface area contributed by atoms with Gasteiger partial charge in [-0.25, -0.2) is 4.39 Å². The predicted molar refractivity (Wildman–Crippen MR) is 75.4 cm³/mol. The van der Waals surface area contributed by atoms with E-state index in [4.69, 9.17) is 4.74 Å². The van der Waals surface area contributed by atoms with Crippen LogP contribution in [0.5, 0.6) is 5.75 Å². The molecule has 1 fully saturated rings. The van der Waals surface area contributed by atoms with E-state index in [1.807, 2.05) is 18.2 Å². The van der Waals surface area contributed by atoms with Crippen molar-refractivity contribution >= 4 is 0 Å².